The van der Waals surface area contributed by atoms with Crippen LogP contribution in [0.2, 0.25) is 0 Å². The third kappa shape index (κ3) is 3.50. The zero-order chi connectivity index (χ0) is 19.8. The number of nitro groups is 1. The molecule has 1 aromatic heterocycles. The fourth-order valence-electron chi connectivity index (χ4n) is 3.19. The minimum atomic E-state index is -0.705. The van der Waals surface area contributed by atoms with Crippen molar-refractivity contribution in [2.75, 3.05) is 13.7 Å². The molecule has 0 fully saturated rings. The summed E-state index contributed by atoms with van der Waals surface area (Å²) in [5, 5.41) is 15.3. The Morgan fingerprint density at radius 2 is 2.11 bits per heavy atom. The lowest BCUT2D eigenvalue weighted by Crippen LogP contribution is -2.50. The number of aryl methyl sites for hydroxylation is 1. The van der Waals surface area contributed by atoms with Crippen LogP contribution >= 0.6 is 0 Å². The van der Waals surface area contributed by atoms with Gasteiger partial charge in [-0.15, -0.1) is 5.10 Å². The highest BCUT2D eigenvalue weighted by Crippen LogP contribution is 2.46. The highest BCUT2D eigenvalue weighted by atomic mass is 16.6. The molecule has 9 heteroatoms. The maximum Gasteiger partial charge on any atom is 0.270 e. The van der Waals surface area contributed by atoms with Crippen molar-refractivity contribution < 1.29 is 19.1 Å². The zero-order valence-corrected chi connectivity index (χ0v) is 15.5. The van der Waals surface area contributed by atoms with Gasteiger partial charge in [0.05, 0.1) is 11.5 Å². The van der Waals surface area contributed by atoms with Crippen LogP contribution in [-0.2, 0) is 11.8 Å². The number of non-ortho nitro benzene ring substituents is 1. The molecule has 0 spiro atoms. The van der Waals surface area contributed by atoms with Gasteiger partial charge in [0, 0.05) is 49.9 Å². The van der Waals surface area contributed by atoms with E-state index in [1.54, 1.807) is 13.2 Å². The van der Waals surface area contributed by atoms with Gasteiger partial charge in [0.15, 0.2) is 0 Å². The largest absolute Gasteiger partial charge is 0.484 e. The lowest BCUT2D eigenvalue weighted by atomic mass is 9.80. The van der Waals surface area contributed by atoms with Gasteiger partial charge in [-0.05, 0) is 13.0 Å². The van der Waals surface area contributed by atoms with E-state index in [0.717, 1.165) is 0 Å². The first-order valence-corrected chi connectivity index (χ1v) is 8.42. The molecule has 1 aliphatic heterocycles. The Morgan fingerprint density at radius 3 is 2.74 bits per heavy atom. The highest BCUT2D eigenvalue weighted by Gasteiger charge is 2.46. The quantitative estimate of drug-likeness (QED) is 0.583. The number of rotatable bonds is 5. The van der Waals surface area contributed by atoms with Gasteiger partial charge in [0.2, 0.25) is 5.88 Å². The Balaban J connectivity index is 2.07. The summed E-state index contributed by atoms with van der Waals surface area (Å²) in [6.45, 7) is 4.13. The molecule has 9 nitrogen and oxygen atoms in total. The van der Waals surface area contributed by atoms with Gasteiger partial charge in [0.25, 0.3) is 11.2 Å². The highest BCUT2D eigenvalue weighted by molar-refractivity contribution is 5.47. The molecule has 1 aromatic carbocycles. The number of fused-ring (bicyclic) bond motifs is 1. The predicted octanol–water partition coefficient (Wildman–Crippen LogP) is 2.24. The van der Waals surface area contributed by atoms with E-state index in [2.05, 4.69) is 5.10 Å². The lowest BCUT2D eigenvalue weighted by molar-refractivity contribution is -0.385. The average Bonchev–Trinajstić information content (AvgIpc) is 2.62. The van der Waals surface area contributed by atoms with Crippen molar-refractivity contribution in [2.24, 2.45) is 13.0 Å². The number of hydrogen-bond donors (Lipinski definition) is 0. The Labute approximate surface area is 155 Å². The monoisotopic (exact) mass is 375 g/mol. The first-order valence-electron chi connectivity index (χ1n) is 8.42. The summed E-state index contributed by atoms with van der Waals surface area (Å²) in [5.74, 6) is 0.520. The molecule has 0 saturated carbocycles. The molecular weight excluding hydrogens is 354 g/mol. The number of hydrogen-bond acceptors (Lipinski definition) is 7. The molecule has 2 aromatic rings. The second-order valence-electron chi connectivity index (χ2n) is 6.79. The number of ether oxygens (including phenoxy) is 3. The van der Waals surface area contributed by atoms with Crippen LogP contribution in [0.25, 0.3) is 0 Å². The van der Waals surface area contributed by atoms with Crippen LogP contribution < -0.4 is 15.0 Å². The molecule has 3 rings (SSSR count). The molecule has 3 unspecified atom stereocenters. The average molecular weight is 375 g/mol. The molecule has 144 valence electrons. The number of methoxy groups -OCH3 is 1. The van der Waals surface area contributed by atoms with Crippen LogP contribution in [-0.4, -0.2) is 34.0 Å². The summed E-state index contributed by atoms with van der Waals surface area (Å²) in [7, 11) is 3.10. The molecule has 0 N–H and O–H groups in total. The molecule has 0 radical (unpaired) electrons. The Kier molecular flexibility index (Phi) is 4.88. The summed E-state index contributed by atoms with van der Waals surface area (Å²) < 4.78 is 18.7. The lowest BCUT2D eigenvalue weighted by Gasteiger charge is -2.44. The SMILES string of the molecule is COCC1(C)Oc2ccc([N+](=O)[O-])cc2C(Oc2ccc(=O)n(C)n2)C1C. The van der Waals surface area contributed by atoms with E-state index in [-0.39, 0.29) is 23.0 Å². The van der Waals surface area contributed by atoms with E-state index in [4.69, 9.17) is 14.2 Å². The minimum Gasteiger partial charge on any atom is -0.484 e. The normalized spacial score (nSPS) is 24.0. The third-order valence-corrected chi connectivity index (χ3v) is 4.89. The number of nitrogens with zero attached hydrogens (tertiary/aromatic N) is 3. The molecule has 3 atom stereocenters. The molecule has 1 aliphatic rings. The summed E-state index contributed by atoms with van der Waals surface area (Å²) in [6.07, 6.45) is -0.571. The molecule has 0 aliphatic carbocycles. The Morgan fingerprint density at radius 1 is 1.37 bits per heavy atom. The molecule has 0 bridgehead atoms. The van der Waals surface area contributed by atoms with Crippen molar-refractivity contribution in [1.82, 2.24) is 9.78 Å². The van der Waals surface area contributed by atoms with Gasteiger partial charge in [-0.25, -0.2) is 4.68 Å². The molecular formula is C18H21N3O6. The standard InChI is InChI=1S/C18H21N3O6/c1-11-17(26-15-7-8-16(22)20(3)19-15)13-9-12(21(23)24)5-6-14(13)27-18(11,2)10-25-4/h5-9,11,17H,10H2,1-4H3. The van der Waals surface area contributed by atoms with Crippen LogP contribution in [0.3, 0.4) is 0 Å². The topological polar surface area (TPSA) is 106 Å². The van der Waals surface area contributed by atoms with Crippen molar-refractivity contribution >= 4 is 5.69 Å². The number of benzene rings is 1. The molecule has 27 heavy (non-hydrogen) atoms. The number of aromatic nitrogens is 2. The van der Waals surface area contributed by atoms with Crippen molar-refractivity contribution in [3.05, 3.63) is 56.4 Å². The molecule has 0 saturated heterocycles. The van der Waals surface area contributed by atoms with E-state index >= 15 is 0 Å². The maximum atomic E-state index is 11.6. The van der Waals surface area contributed by atoms with Gasteiger partial charge in [-0.2, -0.15) is 0 Å². The summed E-state index contributed by atoms with van der Waals surface area (Å²) in [5.41, 5.74) is -0.464. The van der Waals surface area contributed by atoms with Crippen LogP contribution in [0, 0.1) is 16.0 Å². The second-order valence-corrected chi connectivity index (χ2v) is 6.79. The van der Waals surface area contributed by atoms with Gasteiger partial charge in [-0.1, -0.05) is 6.92 Å². The van der Waals surface area contributed by atoms with Crippen LogP contribution in [0.4, 0.5) is 5.69 Å². The van der Waals surface area contributed by atoms with Gasteiger partial charge in [0.1, 0.15) is 17.5 Å². The fourth-order valence-corrected chi connectivity index (χ4v) is 3.19. The van der Waals surface area contributed by atoms with E-state index in [9.17, 15) is 14.9 Å². The van der Waals surface area contributed by atoms with Crippen molar-refractivity contribution in [1.29, 1.82) is 0 Å². The number of nitro benzene ring substituents is 1. The minimum absolute atomic E-state index is 0.0538. The van der Waals surface area contributed by atoms with Gasteiger partial charge < -0.3 is 14.2 Å². The van der Waals surface area contributed by atoms with Crippen molar-refractivity contribution in [3.8, 4) is 11.6 Å². The van der Waals surface area contributed by atoms with Gasteiger partial charge in [-0.3, -0.25) is 14.9 Å². The molecule has 0 amide bonds. The van der Waals surface area contributed by atoms with Gasteiger partial charge >= 0.3 is 0 Å². The first kappa shape index (κ1) is 18.8. The van der Waals surface area contributed by atoms with E-state index in [1.165, 1.54) is 36.0 Å². The predicted molar refractivity (Wildman–Crippen MR) is 96.0 cm³/mol. The maximum absolute atomic E-state index is 11.6. The Hall–Kier alpha value is -2.94. The van der Waals surface area contributed by atoms with Crippen LogP contribution in [0.15, 0.2) is 35.1 Å². The second kappa shape index (κ2) is 6.99. The van der Waals surface area contributed by atoms with Crippen LogP contribution in [0.1, 0.15) is 25.5 Å². The molecule has 2 heterocycles. The summed E-state index contributed by atoms with van der Waals surface area (Å²) >= 11 is 0. The van der Waals surface area contributed by atoms with Crippen molar-refractivity contribution in [2.45, 2.75) is 25.6 Å². The summed E-state index contributed by atoms with van der Waals surface area (Å²) in [6, 6.07) is 7.25. The van der Waals surface area contributed by atoms with E-state index in [0.29, 0.717) is 17.9 Å². The fraction of sp³-hybridized carbons (Fsp3) is 0.444. The Bertz CT molecular complexity index is 928. The first-order chi connectivity index (χ1) is 12.7. The van der Waals surface area contributed by atoms with Crippen molar-refractivity contribution in [3.63, 3.8) is 0 Å². The van der Waals surface area contributed by atoms with E-state index in [1.807, 2.05) is 13.8 Å². The summed E-state index contributed by atoms with van der Waals surface area (Å²) in [4.78, 5) is 22.3. The van der Waals surface area contributed by atoms with E-state index < -0.39 is 16.6 Å². The smallest absolute Gasteiger partial charge is 0.270 e. The third-order valence-electron chi connectivity index (χ3n) is 4.89. The van der Waals surface area contributed by atoms with Crippen LogP contribution in [0.5, 0.6) is 11.6 Å². The zero-order valence-electron chi connectivity index (χ0n) is 15.5.